The van der Waals surface area contributed by atoms with Crippen LogP contribution in [-0.4, -0.2) is 25.5 Å². The van der Waals surface area contributed by atoms with E-state index in [0.717, 1.165) is 17.1 Å². The number of anilines is 5. The number of hydrogen-bond acceptors (Lipinski definition) is 7. The number of halogens is 1. The summed E-state index contributed by atoms with van der Waals surface area (Å²) in [6, 6.07) is 20.9. The van der Waals surface area contributed by atoms with E-state index in [-0.39, 0.29) is 4.90 Å². The van der Waals surface area contributed by atoms with Crippen molar-refractivity contribution in [3.8, 4) is 5.75 Å². The van der Waals surface area contributed by atoms with Crippen molar-refractivity contribution in [2.45, 2.75) is 18.7 Å². The molecule has 4 aromatic rings. The highest BCUT2D eigenvalue weighted by molar-refractivity contribution is 7.92. The summed E-state index contributed by atoms with van der Waals surface area (Å²) in [7, 11) is -2.16. The Hall–Kier alpha value is -3.82. The van der Waals surface area contributed by atoms with Crippen LogP contribution in [0.3, 0.4) is 0 Å². The number of methoxy groups -OCH3 is 1. The summed E-state index contributed by atoms with van der Waals surface area (Å²) in [5.74, 6) is 1.81. The van der Waals surface area contributed by atoms with Gasteiger partial charge in [-0.15, -0.1) is 0 Å². The quantitative estimate of drug-likeness (QED) is 0.266. The van der Waals surface area contributed by atoms with Crippen LogP contribution in [0.5, 0.6) is 5.75 Å². The van der Waals surface area contributed by atoms with E-state index in [1.54, 1.807) is 50.4 Å². The highest BCUT2D eigenvalue weighted by Crippen LogP contribution is 2.26. The summed E-state index contributed by atoms with van der Waals surface area (Å²) >= 11 is 6.08. The first-order chi connectivity index (χ1) is 16.7. The van der Waals surface area contributed by atoms with Gasteiger partial charge >= 0.3 is 0 Å². The van der Waals surface area contributed by atoms with Gasteiger partial charge in [0, 0.05) is 33.8 Å². The van der Waals surface area contributed by atoms with Gasteiger partial charge in [-0.1, -0.05) is 17.7 Å². The minimum absolute atomic E-state index is 0.136. The third-order valence-electron chi connectivity index (χ3n) is 5.12. The fraction of sp³-hybridized carbons (Fsp3) is 0.120. The lowest BCUT2D eigenvalue weighted by Gasteiger charge is -2.13. The summed E-state index contributed by atoms with van der Waals surface area (Å²) in [5, 5.41) is 6.79. The molecule has 0 radical (unpaired) electrons. The molecule has 0 amide bonds. The van der Waals surface area contributed by atoms with Crippen molar-refractivity contribution >= 4 is 50.5 Å². The molecule has 0 saturated heterocycles. The van der Waals surface area contributed by atoms with Crippen LogP contribution in [-0.2, 0) is 10.0 Å². The molecule has 0 bridgehead atoms. The second kappa shape index (κ2) is 10.2. The number of hydrogen-bond donors (Lipinski definition) is 3. The van der Waals surface area contributed by atoms with Gasteiger partial charge in [0.25, 0.3) is 10.0 Å². The number of ether oxygens (including phenoxy) is 1. The van der Waals surface area contributed by atoms with E-state index >= 15 is 0 Å². The molecule has 10 heteroatoms. The number of benzene rings is 3. The summed E-state index contributed by atoms with van der Waals surface area (Å²) < 4.78 is 33.4. The predicted octanol–water partition coefficient (Wildman–Crippen LogP) is 6.04. The fourth-order valence-corrected chi connectivity index (χ4v) is 4.91. The first-order valence-electron chi connectivity index (χ1n) is 10.7. The van der Waals surface area contributed by atoms with Crippen molar-refractivity contribution in [3.63, 3.8) is 0 Å². The van der Waals surface area contributed by atoms with Gasteiger partial charge in [-0.2, -0.15) is 4.98 Å². The average Bonchev–Trinajstić information content (AvgIpc) is 2.82. The minimum atomic E-state index is -3.78. The molecule has 0 fully saturated rings. The molecular weight excluding hydrogens is 486 g/mol. The van der Waals surface area contributed by atoms with Gasteiger partial charge in [0.2, 0.25) is 5.95 Å². The zero-order valence-electron chi connectivity index (χ0n) is 19.3. The Bertz CT molecular complexity index is 1440. The van der Waals surface area contributed by atoms with Crippen LogP contribution in [0, 0.1) is 13.8 Å². The Morgan fingerprint density at radius 1 is 0.829 bits per heavy atom. The van der Waals surface area contributed by atoms with E-state index in [9.17, 15) is 8.42 Å². The lowest BCUT2D eigenvalue weighted by molar-refractivity contribution is 0.415. The van der Waals surface area contributed by atoms with Crippen LogP contribution in [0.25, 0.3) is 0 Å². The highest BCUT2D eigenvalue weighted by atomic mass is 35.5. The lowest BCUT2D eigenvalue weighted by Crippen LogP contribution is -2.14. The third-order valence-corrected chi connectivity index (χ3v) is 7.05. The van der Waals surface area contributed by atoms with Gasteiger partial charge in [-0.05, 0) is 80.1 Å². The summed E-state index contributed by atoms with van der Waals surface area (Å²) in [4.78, 5) is 9.09. The zero-order chi connectivity index (χ0) is 25.0. The molecule has 0 saturated carbocycles. The topological polar surface area (TPSA) is 105 Å². The Morgan fingerprint density at radius 3 is 2.14 bits per heavy atom. The average molecular weight is 510 g/mol. The van der Waals surface area contributed by atoms with Crippen molar-refractivity contribution in [3.05, 3.63) is 89.1 Å². The molecule has 4 rings (SSSR count). The van der Waals surface area contributed by atoms with Gasteiger partial charge in [0.05, 0.1) is 12.0 Å². The van der Waals surface area contributed by atoms with Gasteiger partial charge in [-0.25, -0.2) is 13.4 Å². The number of aryl methyl sites for hydroxylation is 1. The Balaban J connectivity index is 1.47. The lowest BCUT2D eigenvalue weighted by atomic mass is 10.2. The van der Waals surface area contributed by atoms with Gasteiger partial charge in [0.15, 0.2) is 0 Å². The Kier molecular flexibility index (Phi) is 7.09. The van der Waals surface area contributed by atoms with Crippen LogP contribution >= 0.6 is 11.6 Å². The number of rotatable bonds is 8. The van der Waals surface area contributed by atoms with Crippen LogP contribution in [0.1, 0.15) is 11.3 Å². The largest absolute Gasteiger partial charge is 0.497 e. The second-order valence-corrected chi connectivity index (χ2v) is 9.80. The summed E-state index contributed by atoms with van der Waals surface area (Å²) in [6.07, 6.45) is 0. The molecule has 0 aliphatic heterocycles. The van der Waals surface area contributed by atoms with Gasteiger partial charge in [-0.3, -0.25) is 4.72 Å². The normalized spacial score (nSPS) is 11.1. The first-order valence-corrected chi connectivity index (χ1v) is 12.5. The SMILES string of the molecule is COc1ccc(Nc2cc(C)nc(Nc3ccc(NS(=O)(=O)c4cccc(Cl)c4C)cc3)n2)cc1. The van der Waals surface area contributed by atoms with E-state index in [4.69, 9.17) is 16.3 Å². The maximum atomic E-state index is 12.8. The van der Waals surface area contributed by atoms with E-state index in [2.05, 4.69) is 25.3 Å². The van der Waals surface area contributed by atoms with Gasteiger partial charge < -0.3 is 15.4 Å². The summed E-state index contributed by atoms with van der Waals surface area (Å²) in [5.41, 5.74) is 3.26. The smallest absolute Gasteiger partial charge is 0.262 e. The standard InChI is InChI=1S/C25H24ClN5O3S/c1-16-15-24(28-18-11-13-21(34-3)14-12-18)30-25(27-16)29-19-7-9-20(10-8-19)31-35(32,33)23-6-4-5-22(26)17(23)2/h4-15,31H,1-3H3,(H2,27,28,29,30). The molecular formula is C25H24ClN5O3S. The van der Waals surface area contributed by atoms with Crippen LogP contribution in [0.2, 0.25) is 5.02 Å². The van der Waals surface area contributed by atoms with Crippen LogP contribution in [0.4, 0.5) is 28.8 Å². The molecule has 8 nitrogen and oxygen atoms in total. The van der Waals surface area contributed by atoms with Crippen LogP contribution < -0.4 is 20.1 Å². The maximum Gasteiger partial charge on any atom is 0.262 e. The number of nitrogens with one attached hydrogen (secondary N) is 3. The summed E-state index contributed by atoms with van der Waals surface area (Å²) in [6.45, 7) is 3.55. The van der Waals surface area contributed by atoms with E-state index in [1.807, 2.05) is 37.3 Å². The second-order valence-electron chi connectivity index (χ2n) is 7.74. The van der Waals surface area contributed by atoms with Gasteiger partial charge in [0.1, 0.15) is 11.6 Å². The number of sulfonamides is 1. The minimum Gasteiger partial charge on any atom is -0.497 e. The molecule has 3 aromatic carbocycles. The Morgan fingerprint density at radius 2 is 1.46 bits per heavy atom. The zero-order valence-corrected chi connectivity index (χ0v) is 20.9. The molecule has 0 unspecified atom stereocenters. The molecule has 0 aliphatic carbocycles. The van der Waals surface area contributed by atoms with Crippen molar-refractivity contribution in [1.82, 2.24) is 9.97 Å². The first kappa shape index (κ1) is 24.3. The maximum absolute atomic E-state index is 12.8. The van der Waals surface area contributed by atoms with Crippen LogP contribution in [0.15, 0.2) is 77.7 Å². The Labute approximate surface area is 209 Å². The number of aromatic nitrogens is 2. The molecule has 0 spiro atoms. The fourth-order valence-electron chi connectivity index (χ4n) is 3.35. The molecule has 180 valence electrons. The van der Waals surface area contributed by atoms with E-state index in [1.165, 1.54) is 6.07 Å². The molecule has 35 heavy (non-hydrogen) atoms. The monoisotopic (exact) mass is 509 g/mol. The van der Waals surface area contributed by atoms with Crippen molar-refractivity contribution < 1.29 is 13.2 Å². The highest BCUT2D eigenvalue weighted by Gasteiger charge is 2.18. The van der Waals surface area contributed by atoms with E-state index < -0.39 is 10.0 Å². The third kappa shape index (κ3) is 6.00. The molecule has 0 aliphatic rings. The molecule has 0 atom stereocenters. The van der Waals surface area contributed by atoms with Crippen molar-refractivity contribution in [2.24, 2.45) is 0 Å². The predicted molar refractivity (Wildman–Crippen MR) is 140 cm³/mol. The molecule has 1 heterocycles. The molecule has 3 N–H and O–H groups in total. The van der Waals surface area contributed by atoms with E-state index in [0.29, 0.717) is 33.7 Å². The van der Waals surface area contributed by atoms with Crippen molar-refractivity contribution in [1.29, 1.82) is 0 Å². The van der Waals surface area contributed by atoms with Crippen molar-refractivity contribution in [2.75, 3.05) is 22.5 Å². The number of nitrogens with zero attached hydrogens (tertiary/aromatic N) is 2. The molecule has 1 aromatic heterocycles.